The van der Waals surface area contributed by atoms with E-state index in [9.17, 15) is 4.79 Å². The van der Waals surface area contributed by atoms with E-state index >= 15 is 0 Å². The third-order valence-corrected chi connectivity index (χ3v) is 4.12. The van der Waals surface area contributed by atoms with Gasteiger partial charge in [-0.05, 0) is 36.2 Å². The summed E-state index contributed by atoms with van der Waals surface area (Å²) in [5, 5.41) is 3.17. The molecule has 7 nitrogen and oxygen atoms in total. The lowest BCUT2D eigenvalue weighted by molar-refractivity contribution is 0.0602. The monoisotopic (exact) mass is 363 g/mol. The van der Waals surface area contributed by atoms with Gasteiger partial charge in [-0.3, -0.25) is 4.98 Å². The molecule has 138 valence electrons. The molecule has 27 heavy (non-hydrogen) atoms. The van der Waals surface area contributed by atoms with E-state index in [0.29, 0.717) is 17.1 Å². The molecule has 0 aliphatic carbocycles. The first-order valence-electron chi connectivity index (χ1n) is 8.54. The highest BCUT2D eigenvalue weighted by atomic mass is 16.5. The third-order valence-electron chi connectivity index (χ3n) is 4.12. The summed E-state index contributed by atoms with van der Waals surface area (Å²) in [7, 11) is 3.34. The van der Waals surface area contributed by atoms with Crippen LogP contribution in [-0.2, 0) is 11.2 Å². The van der Waals surface area contributed by atoms with E-state index in [1.54, 1.807) is 30.6 Å². The fourth-order valence-corrected chi connectivity index (χ4v) is 2.60. The Labute approximate surface area is 158 Å². The highest BCUT2D eigenvalue weighted by Crippen LogP contribution is 2.22. The molecule has 1 aromatic carbocycles. The molecule has 0 atom stereocenters. The summed E-state index contributed by atoms with van der Waals surface area (Å²) < 4.78 is 4.83. The van der Waals surface area contributed by atoms with E-state index in [1.807, 2.05) is 31.3 Å². The van der Waals surface area contributed by atoms with Gasteiger partial charge in [0.25, 0.3) is 0 Å². The number of carbonyl (C=O) groups excluding carboxylic acids is 1. The average Bonchev–Trinajstić information content (AvgIpc) is 2.73. The van der Waals surface area contributed by atoms with Crippen LogP contribution in [-0.4, -0.2) is 41.6 Å². The van der Waals surface area contributed by atoms with Gasteiger partial charge in [-0.15, -0.1) is 0 Å². The van der Waals surface area contributed by atoms with Gasteiger partial charge in [-0.25, -0.2) is 14.8 Å². The number of nitrogens with zero attached hydrogens (tertiary/aromatic N) is 4. The quantitative estimate of drug-likeness (QED) is 0.646. The first kappa shape index (κ1) is 18.3. The second kappa shape index (κ2) is 8.75. The topological polar surface area (TPSA) is 80.2 Å². The maximum Gasteiger partial charge on any atom is 0.339 e. The molecule has 0 fully saturated rings. The number of nitrogens with one attached hydrogen (secondary N) is 1. The van der Waals surface area contributed by atoms with Crippen LogP contribution in [0.4, 0.5) is 17.3 Å². The molecule has 3 aromatic rings. The van der Waals surface area contributed by atoms with Crippen molar-refractivity contribution in [2.45, 2.75) is 6.42 Å². The fraction of sp³-hybridized carbons (Fsp3) is 0.200. The van der Waals surface area contributed by atoms with Gasteiger partial charge in [-0.1, -0.05) is 12.1 Å². The molecule has 0 saturated carbocycles. The van der Waals surface area contributed by atoms with Gasteiger partial charge >= 0.3 is 5.97 Å². The van der Waals surface area contributed by atoms with Crippen LogP contribution in [0.3, 0.4) is 0 Å². The van der Waals surface area contributed by atoms with E-state index in [1.165, 1.54) is 19.0 Å². The highest BCUT2D eigenvalue weighted by Gasteiger charge is 2.12. The van der Waals surface area contributed by atoms with Crippen LogP contribution in [0.15, 0.2) is 61.2 Å². The first-order chi connectivity index (χ1) is 13.2. The van der Waals surface area contributed by atoms with Crippen LogP contribution in [0.2, 0.25) is 0 Å². The molecular weight excluding hydrogens is 342 g/mol. The van der Waals surface area contributed by atoms with Gasteiger partial charge in [-0.2, -0.15) is 0 Å². The van der Waals surface area contributed by atoms with Crippen molar-refractivity contribution in [3.8, 4) is 0 Å². The smallest absolute Gasteiger partial charge is 0.339 e. The van der Waals surface area contributed by atoms with Crippen LogP contribution in [0, 0.1) is 0 Å². The average molecular weight is 363 g/mol. The Morgan fingerprint density at radius 2 is 1.93 bits per heavy atom. The molecule has 0 saturated heterocycles. The van der Waals surface area contributed by atoms with Crippen molar-refractivity contribution in [2.75, 3.05) is 30.9 Å². The van der Waals surface area contributed by atoms with Gasteiger partial charge in [0.15, 0.2) is 0 Å². The van der Waals surface area contributed by atoms with Crippen molar-refractivity contribution in [1.82, 2.24) is 15.0 Å². The summed E-state index contributed by atoms with van der Waals surface area (Å²) in [4.78, 5) is 26.6. The Balaban J connectivity index is 1.71. The number of methoxy groups -OCH3 is 1. The second-order valence-electron chi connectivity index (χ2n) is 5.95. The minimum atomic E-state index is -0.401. The summed E-state index contributed by atoms with van der Waals surface area (Å²) in [6.45, 7) is 0.805. The summed E-state index contributed by atoms with van der Waals surface area (Å²) >= 11 is 0. The molecule has 3 rings (SSSR count). The van der Waals surface area contributed by atoms with Crippen LogP contribution >= 0.6 is 0 Å². The number of para-hydroxylation sites is 1. The number of likely N-dealkylation sites (N-methyl/N-ethyl adjacent to an activating group) is 1. The molecular formula is C20H21N5O2. The summed E-state index contributed by atoms with van der Waals surface area (Å²) in [6, 6.07) is 13.0. The van der Waals surface area contributed by atoms with Crippen molar-refractivity contribution >= 4 is 23.3 Å². The molecule has 7 heteroatoms. The van der Waals surface area contributed by atoms with Crippen molar-refractivity contribution in [2.24, 2.45) is 0 Å². The SMILES string of the molecule is COC(=O)c1ccccc1Nc1cc(N(C)CCc2ccncc2)ncn1. The molecule has 0 amide bonds. The second-order valence-corrected chi connectivity index (χ2v) is 5.95. The van der Waals surface area contributed by atoms with Gasteiger partial charge in [0.1, 0.15) is 18.0 Å². The van der Waals surface area contributed by atoms with E-state index in [2.05, 4.69) is 25.2 Å². The van der Waals surface area contributed by atoms with Crippen molar-refractivity contribution in [3.63, 3.8) is 0 Å². The van der Waals surface area contributed by atoms with Crippen LogP contribution < -0.4 is 10.2 Å². The number of ether oxygens (including phenoxy) is 1. The lowest BCUT2D eigenvalue weighted by Crippen LogP contribution is -2.21. The fourth-order valence-electron chi connectivity index (χ4n) is 2.60. The Morgan fingerprint density at radius 3 is 2.70 bits per heavy atom. The van der Waals surface area contributed by atoms with Crippen LogP contribution in [0.25, 0.3) is 0 Å². The molecule has 2 heterocycles. The number of carbonyl (C=O) groups is 1. The summed E-state index contributed by atoms with van der Waals surface area (Å²) in [6.07, 6.45) is 5.97. The normalized spacial score (nSPS) is 10.3. The lowest BCUT2D eigenvalue weighted by Gasteiger charge is -2.19. The summed E-state index contributed by atoms with van der Waals surface area (Å²) in [5.41, 5.74) is 2.30. The zero-order chi connectivity index (χ0) is 19.1. The number of anilines is 3. The van der Waals surface area contributed by atoms with Crippen LogP contribution in [0.1, 0.15) is 15.9 Å². The molecule has 1 N–H and O–H groups in total. The highest BCUT2D eigenvalue weighted by molar-refractivity contribution is 5.96. The number of aromatic nitrogens is 3. The third kappa shape index (κ3) is 4.78. The molecule has 0 aliphatic rings. The Hall–Kier alpha value is -3.48. The number of hydrogen-bond donors (Lipinski definition) is 1. The number of pyridine rings is 1. The van der Waals surface area contributed by atoms with E-state index < -0.39 is 5.97 Å². The predicted octanol–water partition coefficient (Wildman–Crippen LogP) is 3.08. The molecule has 0 bridgehead atoms. The van der Waals surface area contributed by atoms with Gasteiger partial charge in [0, 0.05) is 32.1 Å². The Bertz CT molecular complexity index is 902. The first-order valence-corrected chi connectivity index (χ1v) is 8.54. The minimum absolute atomic E-state index is 0.401. The number of benzene rings is 1. The standard InChI is InChI=1S/C20H21N5O2/c1-25(12-9-15-7-10-21-11-8-15)19-13-18(22-14-23-19)24-17-6-4-3-5-16(17)20(26)27-2/h3-8,10-11,13-14H,9,12H2,1-2H3,(H,22,23,24). The predicted molar refractivity (Wildman–Crippen MR) is 104 cm³/mol. The van der Waals surface area contributed by atoms with Crippen molar-refractivity contribution in [3.05, 3.63) is 72.3 Å². The van der Waals surface area contributed by atoms with Gasteiger partial charge in [0.05, 0.1) is 18.4 Å². The number of rotatable bonds is 7. The molecule has 0 unspecified atom stereocenters. The molecule has 0 aliphatic heterocycles. The zero-order valence-corrected chi connectivity index (χ0v) is 15.3. The van der Waals surface area contributed by atoms with Crippen LogP contribution in [0.5, 0.6) is 0 Å². The maximum absolute atomic E-state index is 11.9. The van der Waals surface area contributed by atoms with Gasteiger partial charge in [0.2, 0.25) is 0 Å². The van der Waals surface area contributed by atoms with E-state index in [4.69, 9.17) is 4.74 Å². The molecule has 0 radical (unpaired) electrons. The van der Waals surface area contributed by atoms with E-state index in [-0.39, 0.29) is 0 Å². The Morgan fingerprint density at radius 1 is 1.15 bits per heavy atom. The molecule has 0 spiro atoms. The maximum atomic E-state index is 11.9. The molecule has 2 aromatic heterocycles. The summed E-state index contributed by atoms with van der Waals surface area (Å²) in [5.74, 6) is 0.992. The van der Waals surface area contributed by atoms with Crippen molar-refractivity contribution in [1.29, 1.82) is 0 Å². The van der Waals surface area contributed by atoms with Crippen molar-refractivity contribution < 1.29 is 9.53 Å². The lowest BCUT2D eigenvalue weighted by atomic mass is 10.2. The number of esters is 1. The largest absolute Gasteiger partial charge is 0.465 e. The zero-order valence-electron chi connectivity index (χ0n) is 15.3. The minimum Gasteiger partial charge on any atom is -0.465 e. The Kier molecular flexibility index (Phi) is 5.94. The van der Waals surface area contributed by atoms with E-state index in [0.717, 1.165) is 18.8 Å². The number of hydrogen-bond acceptors (Lipinski definition) is 7. The van der Waals surface area contributed by atoms with Gasteiger partial charge < -0.3 is 15.0 Å².